The molecule has 5 N–H and O–H groups in total. The first-order valence-electron chi connectivity index (χ1n) is 7.86. The van der Waals surface area contributed by atoms with Crippen molar-refractivity contribution in [3.05, 3.63) is 24.3 Å². The lowest BCUT2D eigenvalue weighted by molar-refractivity contribution is -0.124. The monoisotopic (exact) mass is 353 g/mol. The second-order valence-electron chi connectivity index (χ2n) is 6.08. The second-order valence-corrected chi connectivity index (χ2v) is 6.08. The second kappa shape index (κ2) is 7.15. The number of carbonyl (C=O) groups is 1. The smallest absolute Gasteiger partial charge is 0.240 e. The van der Waals surface area contributed by atoms with Gasteiger partial charge in [0.05, 0.1) is 30.5 Å². The minimum Gasteiger partial charge on any atom is -0.391 e. The van der Waals surface area contributed by atoms with Crippen LogP contribution in [-0.2, 0) is 18.0 Å². The molecule has 1 aliphatic rings. The third-order valence-corrected chi connectivity index (χ3v) is 4.33. The van der Waals surface area contributed by atoms with E-state index in [1.165, 1.54) is 21.6 Å². The molecular weight excluding hydrogens is 333 g/mol. The lowest BCUT2D eigenvalue weighted by atomic mass is 9.86. The molecule has 0 aromatic carbocycles. The van der Waals surface area contributed by atoms with E-state index in [1.54, 1.807) is 6.20 Å². The number of amides is 1. The van der Waals surface area contributed by atoms with Gasteiger partial charge in [0.15, 0.2) is 0 Å². The zero-order valence-electron chi connectivity index (χ0n) is 13.4. The highest BCUT2D eigenvalue weighted by Crippen LogP contribution is 2.29. The lowest BCUT2D eigenvalue weighted by Gasteiger charge is -2.37. The molecule has 10 nitrogen and oxygen atoms in total. The molecule has 0 saturated heterocycles. The van der Waals surface area contributed by atoms with Gasteiger partial charge in [-0.2, -0.15) is 0 Å². The Bertz CT molecular complexity index is 734. The average molecular weight is 353 g/mol. The van der Waals surface area contributed by atoms with Gasteiger partial charge < -0.3 is 25.8 Å². The summed E-state index contributed by atoms with van der Waals surface area (Å²) < 4.78 is 15.4. The predicted octanol–water partition coefficient (Wildman–Crippen LogP) is -1.23. The zero-order valence-corrected chi connectivity index (χ0v) is 13.4. The Morgan fingerprint density at radius 3 is 2.84 bits per heavy atom. The number of nitrogen functional groups attached to an aromatic ring is 1. The molecule has 1 amide bonds. The molecule has 11 heteroatoms. The van der Waals surface area contributed by atoms with Crippen molar-refractivity contribution in [3.63, 3.8) is 0 Å². The summed E-state index contributed by atoms with van der Waals surface area (Å²) in [6.07, 6.45) is 3.02. The van der Waals surface area contributed by atoms with Crippen LogP contribution in [0.4, 0.5) is 10.3 Å². The maximum absolute atomic E-state index is 12.6. The first kappa shape index (κ1) is 17.3. The van der Waals surface area contributed by atoms with Gasteiger partial charge in [-0.3, -0.25) is 4.79 Å². The van der Waals surface area contributed by atoms with Crippen molar-refractivity contribution < 1.29 is 19.4 Å². The van der Waals surface area contributed by atoms with Crippen molar-refractivity contribution in [2.45, 2.75) is 50.4 Å². The Hall–Kier alpha value is -2.53. The number of nitrogens with two attached hydrogens (primary N) is 1. The average Bonchev–Trinajstić information content (AvgIpc) is 3.20. The van der Waals surface area contributed by atoms with E-state index in [4.69, 9.17) is 5.73 Å². The van der Waals surface area contributed by atoms with E-state index < -0.39 is 31.0 Å². The Balaban J connectivity index is 1.60. The van der Waals surface area contributed by atoms with E-state index in [2.05, 4.69) is 20.6 Å². The molecule has 3 rings (SSSR count). The minimum absolute atomic E-state index is 0.0302. The van der Waals surface area contributed by atoms with E-state index in [-0.39, 0.29) is 36.9 Å². The molecule has 4 unspecified atom stereocenters. The number of aliphatic hydroxyl groups excluding tert-OH is 2. The first-order chi connectivity index (χ1) is 12.0. The van der Waals surface area contributed by atoms with Gasteiger partial charge in [0.2, 0.25) is 11.9 Å². The van der Waals surface area contributed by atoms with Crippen LogP contribution < -0.4 is 11.1 Å². The van der Waals surface area contributed by atoms with Gasteiger partial charge in [0, 0.05) is 18.8 Å². The standard InChI is InChI=1S/C14H20FN7O3/c15-5-8-6-22(20-19-8)10-4-11(23)9(3-12(10)24)18-13(25)7-21-2-1-17-14(21)16/h1-2,6,9-12,23-24H,3-5,7H2,(H2,16,17)(H,18,25). The van der Waals surface area contributed by atoms with Crippen LogP contribution in [-0.4, -0.2) is 58.9 Å². The van der Waals surface area contributed by atoms with Gasteiger partial charge in [-0.1, -0.05) is 5.21 Å². The number of aliphatic hydroxyl groups is 2. The van der Waals surface area contributed by atoms with Crippen LogP contribution in [0.5, 0.6) is 0 Å². The maximum atomic E-state index is 12.6. The highest BCUT2D eigenvalue weighted by Gasteiger charge is 2.37. The zero-order chi connectivity index (χ0) is 18.0. The van der Waals surface area contributed by atoms with Crippen molar-refractivity contribution in [1.82, 2.24) is 29.9 Å². The number of halogens is 1. The predicted molar refractivity (Wildman–Crippen MR) is 83.7 cm³/mol. The molecule has 2 aromatic rings. The maximum Gasteiger partial charge on any atom is 0.240 e. The third kappa shape index (κ3) is 3.77. The summed E-state index contributed by atoms with van der Waals surface area (Å²) in [6, 6.07) is -1.13. The quantitative estimate of drug-likeness (QED) is 0.527. The summed E-state index contributed by atoms with van der Waals surface area (Å²) in [6.45, 7) is -0.779. The molecule has 0 radical (unpaired) electrons. The molecular formula is C14H20FN7O3. The van der Waals surface area contributed by atoms with Gasteiger partial charge >= 0.3 is 0 Å². The Kier molecular flexibility index (Phi) is 4.95. The number of alkyl halides is 1. The lowest BCUT2D eigenvalue weighted by Crippen LogP contribution is -2.52. The fraction of sp³-hybridized carbons (Fsp3) is 0.571. The SMILES string of the molecule is Nc1nccn1CC(=O)NC1CC(O)C(n2cc(CF)nn2)CC1O. The number of hydrogen-bond acceptors (Lipinski definition) is 7. The van der Waals surface area contributed by atoms with Crippen molar-refractivity contribution in [3.8, 4) is 0 Å². The first-order valence-corrected chi connectivity index (χ1v) is 7.86. The van der Waals surface area contributed by atoms with Gasteiger partial charge in [-0.25, -0.2) is 14.1 Å². The molecule has 2 heterocycles. The summed E-state index contributed by atoms with van der Waals surface area (Å²) in [7, 11) is 0. The van der Waals surface area contributed by atoms with E-state index in [1.807, 2.05) is 0 Å². The number of rotatable bonds is 5. The molecule has 4 atom stereocenters. The summed E-state index contributed by atoms with van der Waals surface area (Å²) in [4.78, 5) is 15.9. The van der Waals surface area contributed by atoms with Crippen molar-refractivity contribution >= 4 is 11.9 Å². The van der Waals surface area contributed by atoms with Gasteiger partial charge in [0.1, 0.15) is 18.9 Å². The van der Waals surface area contributed by atoms with Gasteiger partial charge in [-0.15, -0.1) is 5.10 Å². The summed E-state index contributed by atoms with van der Waals surface area (Å²) in [5.74, 6) is -0.130. The van der Waals surface area contributed by atoms with Crippen LogP contribution in [0.3, 0.4) is 0 Å². The number of anilines is 1. The summed E-state index contributed by atoms with van der Waals surface area (Å²) in [5, 5.41) is 30.8. The molecule has 1 aliphatic carbocycles. The Labute approximate surface area is 142 Å². The van der Waals surface area contributed by atoms with E-state index >= 15 is 0 Å². The highest BCUT2D eigenvalue weighted by molar-refractivity contribution is 5.76. The number of nitrogens with zero attached hydrogens (tertiary/aromatic N) is 5. The molecule has 0 aliphatic heterocycles. The number of nitrogens with one attached hydrogen (secondary N) is 1. The van der Waals surface area contributed by atoms with Crippen LogP contribution in [0.1, 0.15) is 24.6 Å². The minimum atomic E-state index is -0.879. The Morgan fingerprint density at radius 2 is 2.20 bits per heavy atom. The normalized spacial score (nSPS) is 26.5. The molecule has 1 saturated carbocycles. The van der Waals surface area contributed by atoms with Crippen LogP contribution >= 0.6 is 0 Å². The topological polar surface area (TPSA) is 144 Å². The van der Waals surface area contributed by atoms with Gasteiger partial charge in [-0.05, 0) is 6.42 Å². The number of aromatic nitrogens is 5. The number of hydrogen-bond donors (Lipinski definition) is 4. The van der Waals surface area contributed by atoms with Crippen molar-refractivity contribution in [1.29, 1.82) is 0 Å². The van der Waals surface area contributed by atoms with Crippen LogP contribution in [0.15, 0.2) is 18.6 Å². The van der Waals surface area contributed by atoms with Crippen LogP contribution in [0.2, 0.25) is 0 Å². The number of imidazole rings is 1. The van der Waals surface area contributed by atoms with E-state index in [9.17, 15) is 19.4 Å². The van der Waals surface area contributed by atoms with Crippen molar-refractivity contribution in [2.24, 2.45) is 0 Å². The van der Waals surface area contributed by atoms with E-state index in [0.717, 1.165) is 0 Å². The molecule has 136 valence electrons. The van der Waals surface area contributed by atoms with Crippen LogP contribution in [0.25, 0.3) is 0 Å². The molecule has 2 aromatic heterocycles. The van der Waals surface area contributed by atoms with Crippen LogP contribution in [0, 0.1) is 0 Å². The summed E-state index contributed by atoms with van der Waals surface area (Å²) >= 11 is 0. The fourth-order valence-electron chi connectivity index (χ4n) is 3.00. The van der Waals surface area contributed by atoms with E-state index in [0.29, 0.717) is 0 Å². The molecule has 0 spiro atoms. The molecule has 1 fully saturated rings. The highest BCUT2D eigenvalue weighted by atomic mass is 19.1. The fourth-order valence-corrected chi connectivity index (χ4v) is 3.00. The summed E-state index contributed by atoms with van der Waals surface area (Å²) in [5.41, 5.74) is 5.77. The van der Waals surface area contributed by atoms with Gasteiger partial charge in [0.25, 0.3) is 0 Å². The van der Waals surface area contributed by atoms with Crippen molar-refractivity contribution in [2.75, 3.05) is 5.73 Å². The number of carbonyl (C=O) groups excluding carboxylic acids is 1. The largest absolute Gasteiger partial charge is 0.391 e. The Morgan fingerprint density at radius 1 is 1.40 bits per heavy atom. The third-order valence-electron chi connectivity index (χ3n) is 4.33. The molecule has 0 bridgehead atoms. The molecule has 25 heavy (non-hydrogen) atoms.